The summed E-state index contributed by atoms with van der Waals surface area (Å²) in [6.45, 7) is 2.84. The molecule has 0 aromatic heterocycles. The highest BCUT2D eigenvalue weighted by molar-refractivity contribution is 8.26. The normalized spacial score (nSPS) is 14.9. The van der Waals surface area contributed by atoms with Crippen LogP contribution in [0, 0.1) is 0 Å². The Hall–Kier alpha value is -2.96. The minimum absolute atomic E-state index is 0.0343. The number of amides is 1. The molecule has 0 atom stereocenters. The minimum atomic E-state index is -0.400. The van der Waals surface area contributed by atoms with Crippen LogP contribution in [-0.4, -0.2) is 27.6 Å². The Morgan fingerprint density at radius 2 is 1.76 bits per heavy atom. The average molecular weight is 476 g/mol. The van der Waals surface area contributed by atoms with Gasteiger partial charge >= 0.3 is 5.97 Å². The van der Waals surface area contributed by atoms with Crippen LogP contribution >= 0.6 is 24.0 Å². The third-order valence-electron chi connectivity index (χ3n) is 5.51. The van der Waals surface area contributed by atoms with Gasteiger partial charge in [-0.25, -0.2) is 4.79 Å². The Morgan fingerprint density at radius 1 is 1.00 bits per heavy atom. The molecule has 1 amide bonds. The van der Waals surface area contributed by atoms with E-state index in [1.54, 1.807) is 23.1 Å². The molecular formula is C27H25NO3S2. The predicted molar refractivity (Wildman–Crippen MR) is 139 cm³/mol. The molecule has 3 aromatic rings. The van der Waals surface area contributed by atoms with Gasteiger partial charge in [0.15, 0.2) is 0 Å². The number of esters is 1. The molecule has 0 spiro atoms. The third kappa shape index (κ3) is 5.52. The van der Waals surface area contributed by atoms with Crippen molar-refractivity contribution in [3.05, 3.63) is 82.8 Å². The molecule has 1 fully saturated rings. The number of unbranched alkanes of at least 4 members (excludes halogenated alkanes) is 3. The molecule has 4 rings (SSSR count). The molecule has 6 heteroatoms. The number of hydrogen-bond acceptors (Lipinski definition) is 5. The number of nitrogens with zero attached hydrogens (tertiary/aromatic N) is 1. The molecule has 0 aliphatic carbocycles. The van der Waals surface area contributed by atoms with Crippen molar-refractivity contribution in [2.45, 2.75) is 32.6 Å². The van der Waals surface area contributed by atoms with Gasteiger partial charge in [0.05, 0.1) is 10.5 Å². The summed E-state index contributed by atoms with van der Waals surface area (Å²) in [6.07, 6.45) is 6.23. The lowest BCUT2D eigenvalue weighted by Gasteiger charge is -2.13. The number of rotatable bonds is 8. The molecule has 33 heavy (non-hydrogen) atoms. The number of hydrogen-bond donors (Lipinski definition) is 0. The van der Waals surface area contributed by atoms with Crippen molar-refractivity contribution in [2.75, 3.05) is 6.54 Å². The van der Waals surface area contributed by atoms with Crippen LogP contribution in [0.3, 0.4) is 0 Å². The van der Waals surface area contributed by atoms with Crippen molar-refractivity contribution in [3.63, 3.8) is 0 Å². The Labute approximate surface area is 203 Å². The van der Waals surface area contributed by atoms with Crippen molar-refractivity contribution >= 4 is 57.0 Å². The summed E-state index contributed by atoms with van der Waals surface area (Å²) in [5.74, 6) is 0.0185. The van der Waals surface area contributed by atoms with Gasteiger partial charge < -0.3 is 4.74 Å². The molecule has 0 radical (unpaired) electrons. The first-order valence-corrected chi connectivity index (χ1v) is 12.3. The van der Waals surface area contributed by atoms with Crippen molar-refractivity contribution in [1.82, 2.24) is 4.90 Å². The van der Waals surface area contributed by atoms with E-state index in [0.29, 0.717) is 27.1 Å². The van der Waals surface area contributed by atoms with Crippen LogP contribution < -0.4 is 4.74 Å². The fourth-order valence-electron chi connectivity index (χ4n) is 3.74. The minimum Gasteiger partial charge on any atom is -0.423 e. The molecule has 4 nitrogen and oxygen atoms in total. The number of ether oxygens (including phenoxy) is 1. The highest BCUT2D eigenvalue weighted by Crippen LogP contribution is 2.33. The standard InChI is InChI=1S/C27H25NO3S2/c1-2-3-4-7-17-28-25(29)24(33-27(28)32)18-19-13-15-21(16-14-19)31-26(30)23-12-8-10-20-9-5-6-11-22(20)23/h5-6,8-16,18H,2-4,7,17H2,1H3/b24-18-. The van der Waals surface area contributed by atoms with Gasteiger partial charge in [0, 0.05) is 6.54 Å². The lowest BCUT2D eigenvalue weighted by molar-refractivity contribution is -0.122. The van der Waals surface area contributed by atoms with E-state index in [1.807, 2.05) is 54.6 Å². The fourth-order valence-corrected chi connectivity index (χ4v) is 5.05. The molecule has 1 aliphatic heterocycles. The van der Waals surface area contributed by atoms with Crippen molar-refractivity contribution in [3.8, 4) is 5.75 Å². The number of carbonyl (C=O) groups excluding carboxylic acids is 2. The Bertz CT molecular complexity index is 1210. The van der Waals surface area contributed by atoms with E-state index >= 15 is 0 Å². The quantitative estimate of drug-likeness (QED) is 0.117. The highest BCUT2D eigenvalue weighted by atomic mass is 32.2. The molecule has 168 valence electrons. The van der Waals surface area contributed by atoms with Gasteiger partial charge in [-0.15, -0.1) is 0 Å². The third-order valence-corrected chi connectivity index (χ3v) is 6.88. The summed E-state index contributed by atoms with van der Waals surface area (Å²) in [6, 6.07) is 20.4. The summed E-state index contributed by atoms with van der Waals surface area (Å²) in [7, 11) is 0. The van der Waals surface area contributed by atoms with Crippen LogP contribution in [0.15, 0.2) is 71.6 Å². The van der Waals surface area contributed by atoms with Crippen molar-refractivity contribution < 1.29 is 14.3 Å². The maximum Gasteiger partial charge on any atom is 0.344 e. The van der Waals surface area contributed by atoms with Gasteiger partial charge in [-0.1, -0.05) is 98.7 Å². The Morgan fingerprint density at radius 3 is 2.55 bits per heavy atom. The Kier molecular flexibility index (Phi) is 7.57. The first-order chi connectivity index (χ1) is 16.1. The SMILES string of the molecule is CCCCCCN1C(=O)/C(=C/c2ccc(OC(=O)c3cccc4ccccc34)cc2)SC1=S. The lowest BCUT2D eigenvalue weighted by Crippen LogP contribution is -2.28. The second-order valence-corrected chi connectivity index (χ2v) is 9.56. The summed E-state index contributed by atoms with van der Waals surface area (Å²) in [4.78, 5) is 27.8. The molecule has 0 saturated carbocycles. The van der Waals surface area contributed by atoms with Crippen molar-refractivity contribution in [1.29, 1.82) is 0 Å². The molecule has 3 aromatic carbocycles. The molecule has 1 heterocycles. The molecule has 0 unspecified atom stereocenters. The van der Waals surface area contributed by atoms with Crippen LogP contribution in [0.5, 0.6) is 5.75 Å². The molecular weight excluding hydrogens is 450 g/mol. The van der Waals surface area contributed by atoms with Gasteiger partial charge in [-0.2, -0.15) is 0 Å². The Balaban J connectivity index is 1.42. The average Bonchev–Trinajstić information content (AvgIpc) is 3.09. The van der Waals surface area contributed by atoms with Gasteiger partial charge in [0.2, 0.25) is 0 Å². The first-order valence-electron chi connectivity index (χ1n) is 11.1. The zero-order valence-electron chi connectivity index (χ0n) is 18.5. The molecule has 1 saturated heterocycles. The lowest BCUT2D eigenvalue weighted by atomic mass is 10.0. The maximum atomic E-state index is 12.7. The summed E-state index contributed by atoms with van der Waals surface area (Å²) in [5, 5.41) is 1.85. The highest BCUT2D eigenvalue weighted by Gasteiger charge is 2.31. The fraction of sp³-hybridized carbons (Fsp3) is 0.222. The monoisotopic (exact) mass is 475 g/mol. The smallest absolute Gasteiger partial charge is 0.344 e. The second-order valence-electron chi connectivity index (χ2n) is 7.88. The zero-order chi connectivity index (χ0) is 23.2. The van der Waals surface area contributed by atoms with E-state index < -0.39 is 5.97 Å². The largest absolute Gasteiger partial charge is 0.423 e. The molecule has 0 bridgehead atoms. The van der Waals surface area contributed by atoms with Crippen LogP contribution in [0.25, 0.3) is 16.8 Å². The van der Waals surface area contributed by atoms with Crippen LogP contribution in [0.2, 0.25) is 0 Å². The van der Waals surface area contributed by atoms with E-state index in [0.717, 1.165) is 35.6 Å². The first kappa shape index (κ1) is 23.2. The van der Waals surface area contributed by atoms with E-state index in [4.69, 9.17) is 17.0 Å². The number of thioether (sulfide) groups is 1. The van der Waals surface area contributed by atoms with E-state index in [1.165, 1.54) is 18.2 Å². The number of thiocarbonyl (C=S) groups is 1. The van der Waals surface area contributed by atoms with Gasteiger partial charge in [-0.05, 0) is 47.0 Å². The zero-order valence-corrected chi connectivity index (χ0v) is 20.1. The van der Waals surface area contributed by atoms with Gasteiger partial charge in [-0.3, -0.25) is 9.69 Å². The number of benzene rings is 3. The van der Waals surface area contributed by atoms with E-state index in [2.05, 4.69) is 6.92 Å². The summed E-state index contributed by atoms with van der Waals surface area (Å²) >= 11 is 6.74. The maximum absolute atomic E-state index is 12.7. The molecule has 0 N–H and O–H groups in total. The summed E-state index contributed by atoms with van der Waals surface area (Å²) < 4.78 is 6.21. The predicted octanol–water partition coefficient (Wildman–Crippen LogP) is 6.84. The second kappa shape index (κ2) is 10.8. The van der Waals surface area contributed by atoms with Crippen LogP contribution in [0.1, 0.15) is 48.5 Å². The van der Waals surface area contributed by atoms with E-state index in [-0.39, 0.29) is 5.91 Å². The number of carbonyl (C=O) groups is 2. The van der Waals surface area contributed by atoms with Crippen LogP contribution in [0.4, 0.5) is 0 Å². The van der Waals surface area contributed by atoms with E-state index in [9.17, 15) is 9.59 Å². The topological polar surface area (TPSA) is 46.6 Å². The van der Waals surface area contributed by atoms with Gasteiger partial charge in [0.25, 0.3) is 5.91 Å². The number of fused-ring (bicyclic) bond motifs is 1. The van der Waals surface area contributed by atoms with Crippen LogP contribution in [-0.2, 0) is 4.79 Å². The molecule has 1 aliphatic rings. The summed E-state index contributed by atoms with van der Waals surface area (Å²) in [5.41, 5.74) is 1.38. The van der Waals surface area contributed by atoms with Gasteiger partial charge in [0.1, 0.15) is 10.1 Å². The van der Waals surface area contributed by atoms with Crippen molar-refractivity contribution in [2.24, 2.45) is 0 Å².